The topological polar surface area (TPSA) is 131 Å². The number of thiazole rings is 1. The van der Waals surface area contributed by atoms with Gasteiger partial charge in [-0.2, -0.15) is 5.10 Å². The Balaban J connectivity index is 1.21. The molecule has 3 aromatic heterocycles. The van der Waals surface area contributed by atoms with Crippen LogP contribution in [0.3, 0.4) is 0 Å². The fraction of sp³-hybridized carbons (Fsp3) is 0.474. The number of nitrogens with zero attached hydrogens (tertiary/aromatic N) is 6. The molecule has 2 fully saturated rings. The lowest BCUT2D eigenvalue weighted by molar-refractivity contribution is 0.0324. The number of rotatable bonds is 5. The predicted octanol–water partition coefficient (Wildman–Crippen LogP) is 1.04. The van der Waals surface area contributed by atoms with Crippen LogP contribution in [-0.4, -0.2) is 78.7 Å². The summed E-state index contributed by atoms with van der Waals surface area (Å²) in [4.78, 5) is 31.6. The number of carbonyl (C=O) groups excluding carboxylic acids is 2. The molecule has 1 atom stereocenters. The molecule has 11 nitrogen and oxygen atoms in total. The van der Waals surface area contributed by atoms with Crippen molar-refractivity contribution in [2.75, 3.05) is 26.3 Å². The summed E-state index contributed by atoms with van der Waals surface area (Å²) in [6.07, 6.45) is 4.26. The van der Waals surface area contributed by atoms with E-state index in [0.29, 0.717) is 37.7 Å². The first-order valence-corrected chi connectivity index (χ1v) is 10.9. The van der Waals surface area contributed by atoms with E-state index in [1.54, 1.807) is 27.4 Å². The number of nitrogens with one attached hydrogen (secondary N) is 2. The van der Waals surface area contributed by atoms with E-state index in [1.807, 2.05) is 13.8 Å². The fourth-order valence-electron chi connectivity index (χ4n) is 3.99. The fourth-order valence-corrected chi connectivity index (χ4v) is 4.77. The van der Waals surface area contributed by atoms with Crippen LogP contribution in [0.5, 0.6) is 0 Å². The lowest BCUT2D eigenvalue weighted by atomic mass is 9.91. The van der Waals surface area contributed by atoms with Crippen molar-refractivity contribution in [2.24, 2.45) is 0 Å². The Kier molecular flexibility index (Phi) is 4.82. The van der Waals surface area contributed by atoms with Crippen molar-refractivity contribution in [2.45, 2.75) is 31.8 Å². The molecular formula is C19H22N8O3S. The first-order chi connectivity index (χ1) is 14.9. The molecule has 2 aliphatic rings. The maximum absolute atomic E-state index is 12.9. The van der Waals surface area contributed by atoms with Gasteiger partial charge >= 0.3 is 0 Å². The number of ether oxygens (including phenoxy) is 1. The zero-order valence-corrected chi connectivity index (χ0v) is 18.0. The van der Waals surface area contributed by atoms with Crippen molar-refractivity contribution < 1.29 is 14.3 Å². The highest BCUT2D eigenvalue weighted by Gasteiger charge is 2.44. The monoisotopic (exact) mass is 442 g/mol. The Morgan fingerprint density at radius 2 is 2.23 bits per heavy atom. The minimum absolute atomic E-state index is 0.125. The summed E-state index contributed by atoms with van der Waals surface area (Å²) in [6, 6.07) is 0.125. The zero-order chi connectivity index (χ0) is 21.6. The van der Waals surface area contributed by atoms with Gasteiger partial charge in [0.1, 0.15) is 10.7 Å². The minimum Gasteiger partial charge on any atom is -0.379 e. The van der Waals surface area contributed by atoms with Crippen molar-refractivity contribution in [3.63, 3.8) is 0 Å². The van der Waals surface area contributed by atoms with Crippen molar-refractivity contribution in [1.29, 1.82) is 0 Å². The summed E-state index contributed by atoms with van der Waals surface area (Å²) in [6.45, 7) is 5.85. The molecule has 2 saturated heterocycles. The van der Waals surface area contributed by atoms with Crippen LogP contribution in [0.25, 0.3) is 10.6 Å². The van der Waals surface area contributed by atoms with Gasteiger partial charge in [-0.25, -0.2) is 9.67 Å². The van der Waals surface area contributed by atoms with Gasteiger partial charge in [-0.15, -0.1) is 16.4 Å². The first kappa shape index (κ1) is 19.8. The van der Waals surface area contributed by atoms with E-state index in [0.717, 1.165) is 22.7 Å². The molecule has 1 unspecified atom stereocenters. The third kappa shape index (κ3) is 3.61. The largest absolute Gasteiger partial charge is 0.379 e. The molecule has 2 amide bonds. The van der Waals surface area contributed by atoms with Crippen molar-refractivity contribution in [3.05, 3.63) is 34.9 Å². The second kappa shape index (κ2) is 7.54. The van der Waals surface area contributed by atoms with Gasteiger partial charge in [-0.05, 0) is 20.3 Å². The van der Waals surface area contributed by atoms with Crippen LogP contribution >= 0.6 is 11.3 Å². The van der Waals surface area contributed by atoms with Crippen LogP contribution in [-0.2, 0) is 4.74 Å². The number of aromatic amines is 1. The lowest BCUT2D eigenvalue weighted by Gasteiger charge is -2.47. The normalized spacial score (nSPS) is 19.9. The SMILES string of the molecule is Cc1c(C(=O)N2CC(C)(NC(=O)c3csc(-c4cn[nH]c4)n3)C2)nnn1C1CCOC1. The standard InChI is InChI=1S/C19H22N8O3S/c1-11-15(24-25-27(11)13-3-4-30-7-13)18(29)26-9-19(2,10-26)23-16(28)14-8-31-17(22-14)12-5-20-21-6-12/h5-6,8,13H,3-4,7,9-10H2,1-2H3,(H,20,21)(H,23,28). The maximum Gasteiger partial charge on any atom is 0.276 e. The van der Waals surface area contributed by atoms with E-state index in [4.69, 9.17) is 4.74 Å². The Labute approximate surface area is 181 Å². The van der Waals surface area contributed by atoms with Crippen molar-refractivity contribution >= 4 is 23.2 Å². The van der Waals surface area contributed by atoms with Crippen LogP contribution in [0.2, 0.25) is 0 Å². The van der Waals surface area contributed by atoms with E-state index in [-0.39, 0.29) is 17.9 Å². The number of hydrogen-bond donors (Lipinski definition) is 2. The molecule has 12 heteroatoms. The smallest absolute Gasteiger partial charge is 0.276 e. The molecule has 0 spiro atoms. The summed E-state index contributed by atoms with van der Waals surface area (Å²) < 4.78 is 7.18. The number of amides is 2. The van der Waals surface area contributed by atoms with Gasteiger partial charge in [-0.3, -0.25) is 14.7 Å². The molecule has 0 aliphatic carbocycles. The van der Waals surface area contributed by atoms with Gasteiger partial charge in [0, 0.05) is 36.8 Å². The van der Waals surface area contributed by atoms with Crippen LogP contribution < -0.4 is 5.32 Å². The number of aromatic nitrogens is 6. The molecular weight excluding hydrogens is 420 g/mol. The van der Waals surface area contributed by atoms with Crippen molar-refractivity contribution in [3.8, 4) is 10.6 Å². The zero-order valence-electron chi connectivity index (χ0n) is 17.2. The summed E-state index contributed by atoms with van der Waals surface area (Å²) in [5.41, 5.74) is 1.76. The van der Waals surface area contributed by atoms with Gasteiger partial charge in [0.2, 0.25) is 0 Å². The molecule has 0 radical (unpaired) electrons. The molecule has 0 bridgehead atoms. The van der Waals surface area contributed by atoms with E-state index in [1.165, 1.54) is 11.3 Å². The van der Waals surface area contributed by atoms with Crippen LogP contribution in [0, 0.1) is 6.92 Å². The lowest BCUT2D eigenvalue weighted by Crippen LogP contribution is -2.69. The number of carbonyl (C=O) groups is 2. The third-order valence-corrected chi connectivity index (χ3v) is 6.54. The molecule has 162 valence electrons. The molecule has 2 N–H and O–H groups in total. The maximum atomic E-state index is 12.9. The number of likely N-dealkylation sites (tertiary alicyclic amines) is 1. The van der Waals surface area contributed by atoms with Gasteiger partial charge < -0.3 is 15.0 Å². The van der Waals surface area contributed by atoms with Gasteiger partial charge in [0.15, 0.2) is 5.69 Å². The van der Waals surface area contributed by atoms with Crippen LogP contribution in [0.15, 0.2) is 17.8 Å². The van der Waals surface area contributed by atoms with Gasteiger partial charge in [-0.1, -0.05) is 5.21 Å². The molecule has 5 rings (SSSR count). The third-order valence-electron chi connectivity index (χ3n) is 5.65. The molecule has 31 heavy (non-hydrogen) atoms. The molecule has 5 heterocycles. The second-order valence-corrected chi connectivity index (χ2v) is 9.04. The highest BCUT2D eigenvalue weighted by molar-refractivity contribution is 7.13. The Morgan fingerprint density at radius 1 is 1.39 bits per heavy atom. The van der Waals surface area contributed by atoms with Gasteiger partial charge in [0.25, 0.3) is 11.8 Å². The molecule has 0 saturated carbocycles. The van der Waals surface area contributed by atoms with Crippen LogP contribution in [0.1, 0.15) is 46.1 Å². The van der Waals surface area contributed by atoms with E-state index in [9.17, 15) is 9.59 Å². The Hall–Kier alpha value is -3.12. The van der Waals surface area contributed by atoms with E-state index >= 15 is 0 Å². The highest BCUT2D eigenvalue weighted by Crippen LogP contribution is 2.27. The number of hydrogen-bond acceptors (Lipinski definition) is 8. The molecule has 3 aromatic rings. The average Bonchev–Trinajstić information content (AvgIpc) is 3.52. The van der Waals surface area contributed by atoms with Crippen molar-refractivity contribution in [1.82, 2.24) is 40.4 Å². The average molecular weight is 443 g/mol. The highest BCUT2D eigenvalue weighted by atomic mass is 32.1. The first-order valence-electron chi connectivity index (χ1n) is 9.99. The molecule has 0 aromatic carbocycles. The second-order valence-electron chi connectivity index (χ2n) is 8.19. The summed E-state index contributed by atoms with van der Waals surface area (Å²) in [5, 5.41) is 20.3. The summed E-state index contributed by atoms with van der Waals surface area (Å²) >= 11 is 1.38. The minimum atomic E-state index is -0.518. The van der Waals surface area contributed by atoms with Gasteiger partial charge in [0.05, 0.1) is 30.1 Å². The summed E-state index contributed by atoms with van der Waals surface area (Å²) in [7, 11) is 0. The molecule has 2 aliphatic heterocycles. The quantitative estimate of drug-likeness (QED) is 0.603. The number of H-pyrrole nitrogens is 1. The predicted molar refractivity (Wildman–Crippen MR) is 111 cm³/mol. The van der Waals surface area contributed by atoms with Crippen LogP contribution in [0.4, 0.5) is 0 Å². The van der Waals surface area contributed by atoms with E-state index < -0.39 is 5.54 Å². The summed E-state index contributed by atoms with van der Waals surface area (Å²) in [5.74, 6) is -0.436. The Morgan fingerprint density at radius 3 is 2.94 bits per heavy atom. The Bertz CT molecular complexity index is 1110. The van der Waals surface area contributed by atoms with E-state index in [2.05, 4.69) is 30.8 Å².